The molecule has 1 aromatic carbocycles. The maximum Gasteiger partial charge on any atom is 0.312 e. The van der Waals surface area contributed by atoms with E-state index in [1.807, 2.05) is 0 Å². The van der Waals surface area contributed by atoms with Crippen molar-refractivity contribution >= 4 is 17.3 Å². The molecule has 2 aromatic heterocycles. The van der Waals surface area contributed by atoms with Crippen molar-refractivity contribution in [2.75, 3.05) is 5.32 Å². The monoisotopic (exact) mass is 373 g/mol. The second-order valence-corrected chi connectivity index (χ2v) is 5.96. The number of anilines is 1. The summed E-state index contributed by atoms with van der Waals surface area (Å²) in [6.07, 6.45) is 0. The summed E-state index contributed by atoms with van der Waals surface area (Å²) in [6, 6.07) is 5.44. The first-order chi connectivity index (χ1) is 12.8. The van der Waals surface area contributed by atoms with Crippen LogP contribution in [0, 0.1) is 36.7 Å². The van der Waals surface area contributed by atoms with Gasteiger partial charge in [0.1, 0.15) is 23.0 Å². The van der Waals surface area contributed by atoms with Crippen LogP contribution in [-0.2, 0) is 6.54 Å². The lowest BCUT2D eigenvalue weighted by molar-refractivity contribution is -0.386. The van der Waals surface area contributed by atoms with E-state index in [2.05, 4.69) is 15.6 Å². The summed E-state index contributed by atoms with van der Waals surface area (Å²) in [5.74, 6) is -0.683. The second kappa shape index (κ2) is 6.98. The van der Waals surface area contributed by atoms with Crippen LogP contribution in [0.4, 0.5) is 15.8 Å². The van der Waals surface area contributed by atoms with Crippen LogP contribution in [0.3, 0.4) is 0 Å². The number of hydrogen-bond donors (Lipinski definition) is 1. The zero-order valence-corrected chi connectivity index (χ0v) is 14.8. The molecule has 0 aliphatic carbocycles. The number of hydrogen-bond acceptors (Lipinski definition) is 6. The van der Waals surface area contributed by atoms with Gasteiger partial charge in [-0.15, -0.1) is 0 Å². The summed E-state index contributed by atoms with van der Waals surface area (Å²) >= 11 is 0. The molecular formula is C17H16FN5O4. The summed E-state index contributed by atoms with van der Waals surface area (Å²) in [5, 5.41) is 21.6. The van der Waals surface area contributed by atoms with E-state index in [-0.39, 0.29) is 29.3 Å². The summed E-state index contributed by atoms with van der Waals surface area (Å²) in [7, 11) is 0. The fourth-order valence-corrected chi connectivity index (χ4v) is 2.77. The van der Waals surface area contributed by atoms with Crippen LogP contribution >= 0.6 is 0 Å². The Labute approximate surface area is 152 Å². The Hall–Kier alpha value is -3.56. The van der Waals surface area contributed by atoms with E-state index in [1.165, 1.54) is 28.9 Å². The molecule has 140 valence electrons. The van der Waals surface area contributed by atoms with E-state index >= 15 is 0 Å². The number of halogens is 1. The van der Waals surface area contributed by atoms with Gasteiger partial charge in [0.05, 0.1) is 11.5 Å². The quantitative estimate of drug-likeness (QED) is 0.542. The average Bonchev–Trinajstić information content (AvgIpc) is 3.08. The highest BCUT2D eigenvalue weighted by Gasteiger charge is 2.25. The Morgan fingerprint density at radius 3 is 2.74 bits per heavy atom. The van der Waals surface area contributed by atoms with Crippen molar-refractivity contribution in [1.82, 2.24) is 14.9 Å². The number of amides is 1. The van der Waals surface area contributed by atoms with Gasteiger partial charge in [0, 0.05) is 11.3 Å². The molecule has 0 radical (unpaired) electrons. The van der Waals surface area contributed by atoms with Crippen molar-refractivity contribution in [1.29, 1.82) is 0 Å². The van der Waals surface area contributed by atoms with Gasteiger partial charge < -0.3 is 9.84 Å². The lowest BCUT2D eigenvalue weighted by atomic mass is 10.1. The maximum absolute atomic E-state index is 13.3. The lowest BCUT2D eigenvalue weighted by Crippen LogP contribution is -2.16. The maximum atomic E-state index is 13.3. The van der Waals surface area contributed by atoms with Crippen molar-refractivity contribution in [3.63, 3.8) is 0 Å². The molecular weight excluding hydrogens is 357 g/mol. The van der Waals surface area contributed by atoms with Gasteiger partial charge in [0.15, 0.2) is 5.69 Å². The molecule has 1 amide bonds. The highest BCUT2D eigenvalue weighted by atomic mass is 19.1. The number of nitro groups is 1. The molecule has 0 saturated heterocycles. The van der Waals surface area contributed by atoms with E-state index in [0.717, 1.165) is 0 Å². The van der Waals surface area contributed by atoms with E-state index < -0.39 is 16.6 Å². The molecule has 27 heavy (non-hydrogen) atoms. The Kier molecular flexibility index (Phi) is 4.72. The second-order valence-electron chi connectivity index (χ2n) is 5.96. The van der Waals surface area contributed by atoms with Crippen LogP contribution in [0.2, 0.25) is 0 Å². The van der Waals surface area contributed by atoms with Crippen LogP contribution in [0.25, 0.3) is 0 Å². The van der Waals surface area contributed by atoms with Gasteiger partial charge >= 0.3 is 5.69 Å². The third-order valence-corrected chi connectivity index (χ3v) is 4.12. The Bertz CT molecular complexity index is 1040. The summed E-state index contributed by atoms with van der Waals surface area (Å²) in [4.78, 5) is 23.2. The van der Waals surface area contributed by atoms with Gasteiger partial charge in [0.25, 0.3) is 5.91 Å². The number of benzene rings is 1. The van der Waals surface area contributed by atoms with Crippen molar-refractivity contribution in [3.05, 3.63) is 68.6 Å². The van der Waals surface area contributed by atoms with Gasteiger partial charge in [-0.2, -0.15) is 5.10 Å². The Morgan fingerprint density at radius 1 is 1.37 bits per heavy atom. The van der Waals surface area contributed by atoms with Crippen LogP contribution in [0.5, 0.6) is 0 Å². The summed E-state index contributed by atoms with van der Waals surface area (Å²) in [6.45, 7) is 4.82. The van der Waals surface area contributed by atoms with Gasteiger partial charge in [-0.1, -0.05) is 11.2 Å². The molecule has 2 heterocycles. The predicted molar refractivity (Wildman–Crippen MR) is 93.1 cm³/mol. The molecule has 9 nitrogen and oxygen atoms in total. The molecule has 0 saturated carbocycles. The van der Waals surface area contributed by atoms with Crippen LogP contribution in [0.15, 0.2) is 28.8 Å². The number of aromatic nitrogens is 3. The largest absolute Gasteiger partial charge is 0.361 e. The number of rotatable bonds is 5. The molecule has 3 rings (SSSR count). The summed E-state index contributed by atoms with van der Waals surface area (Å²) < 4.78 is 19.8. The van der Waals surface area contributed by atoms with Gasteiger partial charge in [-0.05, 0) is 39.0 Å². The highest BCUT2D eigenvalue weighted by molar-refractivity contribution is 6.03. The third kappa shape index (κ3) is 3.54. The first kappa shape index (κ1) is 18.2. The standard InChI is InChI=1S/C17H16FN5O4/c1-9-16(23(25)26)10(2)22(20-9)8-14-11(3)27-21-15(14)17(24)19-13-6-4-5-12(18)7-13/h4-7H,8H2,1-3H3,(H,19,24). The van der Waals surface area contributed by atoms with Crippen LogP contribution in [0.1, 0.15) is 33.2 Å². The molecule has 0 spiro atoms. The van der Waals surface area contributed by atoms with Gasteiger partial charge in [-0.3, -0.25) is 19.6 Å². The zero-order chi connectivity index (χ0) is 19.7. The molecule has 1 N–H and O–H groups in total. The topological polar surface area (TPSA) is 116 Å². The van der Waals surface area contributed by atoms with Gasteiger partial charge in [0.2, 0.25) is 0 Å². The fourth-order valence-electron chi connectivity index (χ4n) is 2.77. The minimum Gasteiger partial charge on any atom is -0.361 e. The molecule has 3 aromatic rings. The molecule has 0 aliphatic rings. The molecule has 0 fully saturated rings. The number of carbonyl (C=O) groups excluding carboxylic acids is 1. The third-order valence-electron chi connectivity index (χ3n) is 4.12. The smallest absolute Gasteiger partial charge is 0.312 e. The molecule has 10 heteroatoms. The van der Waals surface area contributed by atoms with E-state index in [9.17, 15) is 19.3 Å². The van der Waals surface area contributed by atoms with E-state index in [0.29, 0.717) is 17.0 Å². The number of carbonyl (C=O) groups is 1. The highest BCUT2D eigenvalue weighted by Crippen LogP contribution is 2.24. The van der Waals surface area contributed by atoms with Gasteiger partial charge in [-0.25, -0.2) is 4.39 Å². The molecule has 0 atom stereocenters. The number of nitrogens with zero attached hydrogens (tertiary/aromatic N) is 4. The van der Waals surface area contributed by atoms with E-state index in [4.69, 9.17) is 4.52 Å². The van der Waals surface area contributed by atoms with Crippen molar-refractivity contribution in [2.24, 2.45) is 0 Å². The minimum atomic E-state index is -0.580. The summed E-state index contributed by atoms with van der Waals surface area (Å²) in [5.41, 5.74) is 1.27. The van der Waals surface area contributed by atoms with Crippen molar-refractivity contribution in [3.8, 4) is 0 Å². The fraction of sp³-hybridized carbons (Fsp3) is 0.235. The van der Waals surface area contributed by atoms with Crippen molar-refractivity contribution in [2.45, 2.75) is 27.3 Å². The predicted octanol–water partition coefficient (Wildman–Crippen LogP) is 3.14. The minimum absolute atomic E-state index is 0.00645. The molecule has 0 unspecified atom stereocenters. The number of aryl methyl sites for hydroxylation is 2. The molecule has 0 aliphatic heterocycles. The first-order valence-electron chi connectivity index (χ1n) is 7.98. The van der Waals surface area contributed by atoms with Crippen LogP contribution < -0.4 is 5.32 Å². The van der Waals surface area contributed by atoms with E-state index in [1.54, 1.807) is 20.8 Å². The SMILES string of the molecule is Cc1nn(Cc2c(C(=O)Nc3cccc(F)c3)noc2C)c(C)c1[N+](=O)[O-]. The average molecular weight is 373 g/mol. The number of nitrogens with one attached hydrogen (secondary N) is 1. The van der Waals surface area contributed by atoms with Crippen molar-refractivity contribution < 1.29 is 18.6 Å². The molecule has 0 bridgehead atoms. The lowest BCUT2D eigenvalue weighted by Gasteiger charge is -2.06. The zero-order valence-electron chi connectivity index (χ0n) is 14.8. The Balaban J connectivity index is 1.90. The first-order valence-corrected chi connectivity index (χ1v) is 7.98. The Morgan fingerprint density at radius 2 is 2.11 bits per heavy atom. The normalized spacial score (nSPS) is 10.8. The van der Waals surface area contributed by atoms with Crippen LogP contribution in [-0.4, -0.2) is 25.8 Å².